The van der Waals surface area contributed by atoms with Crippen LogP contribution in [0.2, 0.25) is 0 Å². The molecule has 0 saturated heterocycles. The van der Waals surface area contributed by atoms with Crippen LogP contribution in [-0.4, -0.2) is 24.6 Å². The van der Waals surface area contributed by atoms with Crippen molar-refractivity contribution < 1.29 is 31.9 Å². The summed E-state index contributed by atoms with van der Waals surface area (Å²) < 4.78 is 54.2. The fourth-order valence-electron chi connectivity index (χ4n) is 2.13. The van der Waals surface area contributed by atoms with Crippen LogP contribution in [0, 0.1) is 5.82 Å². The van der Waals surface area contributed by atoms with Gasteiger partial charge in [-0.25, -0.2) is 4.39 Å². The summed E-state index contributed by atoms with van der Waals surface area (Å²) in [5, 5.41) is 4.85. The number of nitrogens with one attached hydrogen (secondary N) is 2. The lowest BCUT2D eigenvalue weighted by atomic mass is 10.1. The molecule has 0 radical (unpaired) electrons. The lowest BCUT2D eigenvalue weighted by Crippen LogP contribution is -2.16. The van der Waals surface area contributed by atoms with Crippen molar-refractivity contribution in [2.75, 3.05) is 17.2 Å². The average molecular weight is 384 g/mol. The maximum atomic E-state index is 13.6. The van der Waals surface area contributed by atoms with Crippen LogP contribution in [0.3, 0.4) is 0 Å². The van der Waals surface area contributed by atoms with E-state index in [4.69, 9.17) is 0 Å². The van der Waals surface area contributed by atoms with Gasteiger partial charge in [-0.05, 0) is 35.9 Å². The molecule has 144 valence electrons. The van der Waals surface area contributed by atoms with Gasteiger partial charge in [0.1, 0.15) is 12.4 Å². The Kier molecular flexibility index (Phi) is 6.51. The molecule has 2 rings (SSSR count). The van der Waals surface area contributed by atoms with Crippen LogP contribution in [0.15, 0.2) is 42.5 Å². The minimum Gasteiger partial charge on any atom is -0.367 e. The Morgan fingerprint density at radius 1 is 1.04 bits per heavy atom. The van der Waals surface area contributed by atoms with E-state index in [0.29, 0.717) is 5.56 Å². The third-order valence-electron chi connectivity index (χ3n) is 3.29. The SMILES string of the molecule is CC(=O)Nc1cc(NC(=O)c2ccc(COCC(F)(F)F)cc2)ccc1F. The first kappa shape index (κ1) is 20.4. The molecule has 0 aliphatic heterocycles. The predicted molar refractivity (Wildman–Crippen MR) is 90.8 cm³/mol. The zero-order chi connectivity index (χ0) is 20.0. The van der Waals surface area contributed by atoms with Crippen molar-refractivity contribution in [1.82, 2.24) is 0 Å². The molecule has 5 nitrogen and oxygen atoms in total. The number of carbonyl (C=O) groups excluding carboxylic acids is 2. The summed E-state index contributed by atoms with van der Waals surface area (Å²) in [6.45, 7) is -0.361. The van der Waals surface area contributed by atoms with Crippen molar-refractivity contribution in [1.29, 1.82) is 0 Å². The second-order valence-electron chi connectivity index (χ2n) is 5.63. The van der Waals surface area contributed by atoms with Gasteiger partial charge in [0.15, 0.2) is 0 Å². The van der Waals surface area contributed by atoms with Gasteiger partial charge in [0.05, 0.1) is 12.3 Å². The number of amides is 2. The van der Waals surface area contributed by atoms with Crippen LogP contribution < -0.4 is 10.6 Å². The lowest BCUT2D eigenvalue weighted by molar-refractivity contribution is -0.176. The highest BCUT2D eigenvalue weighted by Crippen LogP contribution is 2.20. The molecule has 2 aromatic rings. The van der Waals surface area contributed by atoms with Crippen LogP contribution in [0.1, 0.15) is 22.8 Å². The monoisotopic (exact) mass is 384 g/mol. The third-order valence-corrected chi connectivity index (χ3v) is 3.29. The van der Waals surface area contributed by atoms with Gasteiger partial charge in [0.2, 0.25) is 5.91 Å². The summed E-state index contributed by atoms with van der Waals surface area (Å²) >= 11 is 0. The van der Waals surface area contributed by atoms with Crippen LogP contribution in [0.5, 0.6) is 0 Å². The van der Waals surface area contributed by atoms with E-state index in [1.54, 1.807) is 0 Å². The van der Waals surface area contributed by atoms with Crippen molar-refractivity contribution in [3.63, 3.8) is 0 Å². The van der Waals surface area contributed by atoms with Gasteiger partial charge in [0, 0.05) is 18.2 Å². The van der Waals surface area contributed by atoms with E-state index in [0.717, 1.165) is 6.07 Å². The van der Waals surface area contributed by atoms with E-state index in [1.807, 2.05) is 0 Å². The van der Waals surface area contributed by atoms with Crippen molar-refractivity contribution in [2.45, 2.75) is 19.7 Å². The van der Waals surface area contributed by atoms with Crippen molar-refractivity contribution in [3.8, 4) is 0 Å². The van der Waals surface area contributed by atoms with E-state index in [-0.39, 0.29) is 23.5 Å². The summed E-state index contributed by atoms with van der Waals surface area (Å²) in [5.41, 5.74) is 0.922. The summed E-state index contributed by atoms with van der Waals surface area (Å²) in [6.07, 6.45) is -4.40. The minimum absolute atomic E-state index is 0.0718. The molecular weight excluding hydrogens is 368 g/mol. The number of ether oxygens (including phenoxy) is 1. The molecule has 0 unspecified atom stereocenters. The number of benzene rings is 2. The minimum atomic E-state index is -4.40. The van der Waals surface area contributed by atoms with Crippen molar-refractivity contribution in [3.05, 3.63) is 59.4 Å². The molecule has 0 spiro atoms. The van der Waals surface area contributed by atoms with E-state index >= 15 is 0 Å². The summed E-state index contributed by atoms with van der Waals surface area (Å²) in [5.74, 6) is -1.61. The predicted octanol–water partition coefficient (Wildman–Crippen LogP) is 4.12. The molecule has 0 atom stereocenters. The van der Waals surface area contributed by atoms with Crippen LogP contribution >= 0.6 is 0 Å². The molecular formula is C18H16F4N2O3. The molecule has 27 heavy (non-hydrogen) atoms. The van der Waals surface area contributed by atoms with Crippen LogP contribution in [0.25, 0.3) is 0 Å². The first-order valence-corrected chi connectivity index (χ1v) is 7.76. The fourth-order valence-corrected chi connectivity index (χ4v) is 2.13. The van der Waals surface area contributed by atoms with Crippen LogP contribution in [0.4, 0.5) is 28.9 Å². The Morgan fingerprint density at radius 3 is 2.30 bits per heavy atom. The van der Waals surface area contributed by atoms with E-state index < -0.39 is 30.4 Å². The average Bonchev–Trinajstić information content (AvgIpc) is 2.57. The van der Waals surface area contributed by atoms with Gasteiger partial charge in [-0.2, -0.15) is 13.2 Å². The molecule has 2 amide bonds. The number of halogens is 4. The van der Waals surface area contributed by atoms with Gasteiger partial charge in [-0.3, -0.25) is 9.59 Å². The van der Waals surface area contributed by atoms with Gasteiger partial charge in [-0.1, -0.05) is 12.1 Å². The second kappa shape index (κ2) is 8.63. The molecule has 0 aliphatic rings. The molecule has 0 bridgehead atoms. The molecule has 0 heterocycles. The Hall–Kier alpha value is -2.94. The Bertz CT molecular complexity index is 820. The molecule has 0 aromatic heterocycles. The molecule has 0 saturated carbocycles. The highest BCUT2D eigenvalue weighted by molar-refractivity contribution is 6.04. The van der Waals surface area contributed by atoms with Crippen molar-refractivity contribution in [2.24, 2.45) is 0 Å². The number of alkyl halides is 3. The normalized spacial score (nSPS) is 11.1. The first-order valence-electron chi connectivity index (χ1n) is 7.76. The number of hydrogen-bond acceptors (Lipinski definition) is 3. The largest absolute Gasteiger partial charge is 0.411 e. The Morgan fingerprint density at radius 2 is 1.70 bits per heavy atom. The number of hydrogen-bond donors (Lipinski definition) is 2. The number of carbonyl (C=O) groups is 2. The van der Waals surface area contributed by atoms with Crippen molar-refractivity contribution >= 4 is 23.2 Å². The summed E-state index contributed by atoms with van der Waals surface area (Å²) in [6, 6.07) is 9.50. The molecule has 0 aliphatic carbocycles. The maximum absolute atomic E-state index is 13.6. The molecule has 0 fully saturated rings. The summed E-state index contributed by atoms with van der Waals surface area (Å²) in [7, 11) is 0. The van der Waals surface area contributed by atoms with Gasteiger partial charge < -0.3 is 15.4 Å². The quantitative estimate of drug-likeness (QED) is 0.737. The van der Waals surface area contributed by atoms with Crippen LogP contribution in [-0.2, 0) is 16.1 Å². The van der Waals surface area contributed by atoms with E-state index in [1.165, 1.54) is 43.3 Å². The zero-order valence-corrected chi connectivity index (χ0v) is 14.2. The zero-order valence-electron chi connectivity index (χ0n) is 14.2. The smallest absolute Gasteiger partial charge is 0.367 e. The van der Waals surface area contributed by atoms with E-state index in [2.05, 4.69) is 15.4 Å². The second-order valence-corrected chi connectivity index (χ2v) is 5.63. The topological polar surface area (TPSA) is 67.4 Å². The van der Waals surface area contributed by atoms with Gasteiger partial charge in [0.25, 0.3) is 5.91 Å². The van der Waals surface area contributed by atoms with Gasteiger partial charge >= 0.3 is 6.18 Å². The molecule has 2 aromatic carbocycles. The highest BCUT2D eigenvalue weighted by atomic mass is 19.4. The number of rotatable bonds is 6. The standard InChI is InChI=1S/C18H16F4N2O3/c1-11(25)23-16-8-14(6-7-15(16)19)24-17(26)13-4-2-12(3-5-13)9-27-10-18(20,21)22/h2-8H,9-10H2,1H3,(H,23,25)(H,24,26). The third kappa shape index (κ3) is 6.70. The Labute approximate surface area is 152 Å². The first-order chi connectivity index (χ1) is 12.6. The highest BCUT2D eigenvalue weighted by Gasteiger charge is 2.27. The molecule has 9 heteroatoms. The van der Waals surface area contributed by atoms with E-state index in [9.17, 15) is 27.2 Å². The fraction of sp³-hybridized carbons (Fsp3) is 0.222. The summed E-state index contributed by atoms with van der Waals surface area (Å²) in [4.78, 5) is 23.3. The van der Waals surface area contributed by atoms with Gasteiger partial charge in [-0.15, -0.1) is 0 Å². The lowest BCUT2D eigenvalue weighted by Gasteiger charge is -2.10. The molecule has 2 N–H and O–H groups in total. The maximum Gasteiger partial charge on any atom is 0.411 e. The Balaban J connectivity index is 1.99. The number of anilines is 2.